The Balaban J connectivity index is 3.29. The van der Waals surface area contributed by atoms with Crippen molar-refractivity contribution in [1.29, 1.82) is 0 Å². The van der Waals surface area contributed by atoms with Crippen molar-refractivity contribution in [2.45, 2.75) is 65.5 Å². The smallest absolute Gasteiger partial charge is 0.303 e. The molecule has 0 saturated heterocycles. The van der Waals surface area contributed by atoms with Crippen LogP contribution in [0.5, 0.6) is 0 Å². The minimum Gasteiger partial charge on any atom is -0.465 e. The van der Waals surface area contributed by atoms with Gasteiger partial charge in [-0.05, 0) is 6.42 Å². The van der Waals surface area contributed by atoms with Gasteiger partial charge < -0.3 is 23.7 Å². The molecule has 0 radical (unpaired) electrons. The quantitative estimate of drug-likeness (QED) is 0.462. The number of carbonyl (C=O) groups excluding carboxylic acids is 5. The fourth-order valence-corrected chi connectivity index (χ4v) is 2.96. The number of hydrogen-bond donors (Lipinski definition) is 0. The van der Waals surface area contributed by atoms with Crippen LogP contribution in [-0.4, -0.2) is 60.9 Å². The molecule has 1 rings (SSSR count). The van der Waals surface area contributed by atoms with Crippen LogP contribution in [-0.2, 0) is 47.7 Å². The average molecular weight is 388 g/mol. The zero-order valence-electron chi connectivity index (χ0n) is 15.9. The third-order valence-electron chi connectivity index (χ3n) is 3.74. The third-order valence-corrected chi connectivity index (χ3v) is 3.74. The van der Waals surface area contributed by atoms with Gasteiger partial charge in [0.1, 0.15) is 12.2 Å². The van der Waals surface area contributed by atoms with Gasteiger partial charge in [0.2, 0.25) is 0 Å². The summed E-state index contributed by atoms with van der Waals surface area (Å²) < 4.78 is 25.9. The molecule has 0 N–H and O–H groups in total. The fraction of sp³-hybridized carbons (Fsp3) is 0.706. The van der Waals surface area contributed by atoms with Gasteiger partial charge in [-0.1, -0.05) is 0 Å². The molecule has 10 nitrogen and oxygen atoms in total. The molecular formula is C17H24O10. The first-order valence-electron chi connectivity index (χ1n) is 8.33. The van der Waals surface area contributed by atoms with Gasteiger partial charge in [0.25, 0.3) is 0 Å². The molecule has 1 aliphatic carbocycles. The average Bonchev–Trinajstić information content (AvgIpc) is 2.49. The topological polar surface area (TPSA) is 132 Å². The van der Waals surface area contributed by atoms with E-state index in [9.17, 15) is 24.0 Å². The summed E-state index contributed by atoms with van der Waals surface area (Å²) in [5.74, 6) is -3.95. The number of carbonyl (C=O) groups is 5. The molecule has 152 valence electrons. The summed E-state index contributed by atoms with van der Waals surface area (Å²) in [5.41, 5.74) is 0. The second kappa shape index (κ2) is 9.89. The van der Waals surface area contributed by atoms with Crippen LogP contribution in [0.25, 0.3) is 0 Å². The second-order valence-electron chi connectivity index (χ2n) is 6.17. The van der Waals surface area contributed by atoms with Gasteiger partial charge in [-0.25, -0.2) is 0 Å². The molecule has 0 aromatic heterocycles. The van der Waals surface area contributed by atoms with E-state index in [1.807, 2.05) is 0 Å². The maximum atomic E-state index is 11.6. The van der Waals surface area contributed by atoms with Gasteiger partial charge in [0.05, 0.1) is 6.61 Å². The van der Waals surface area contributed by atoms with E-state index in [0.717, 1.165) is 20.8 Å². The highest BCUT2D eigenvalue weighted by Crippen LogP contribution is 2.34. The third kappa shape index (κ3) is 7.24. The second-order valence-corrected chi connectivity index (χ2v) is 6.17. The zero-order valence-corrected chi connectivity index (χ0v) is 15.9. The molecule has 0 amide bonds. The van der Waals surface area contributed by atoms with E-state index in [4.69, 9.17) is 23.7 Å². The van der Waals surface area contributed by atoms with Crippen LogP contribution in [0.3, 0.4) is 0 Å². The number of esters is 5. The van der Waals surface area contributed by atoms with Crippen molar-refractivity contribution in [3.63, 3.8) is 0 Å². The van der Waals surface area contributed by atoms with Crippen molar-refractivity contribution < 1.29 is 47.7 Å². The Labute approximate surface area is 156 Å². The van der Waals surface area contributed by atoms with Crippen LogP contribution >= 0.6 is 0 Å². The van der Waals surface area contributed by atoms with E-state index in [0.29, 0.717) is 0 Å². The molecule has 10 heteroatoms. The molecule has 1 fully saturated rings. The summed E-state index contributed by atoms with van der Waals surface area (Å²) in [6.07, 6.45) is -4.42. The molecule has 1 aliphatic rings. The summed E-state index contributed by atoms with van der Waals surface area (Å²) in [5, 5.41) is 0. The molecule has 0 aliphatic heterocycles. The van der Waals surface area contributed by atoms with Gasteiger partial charge in [0.15, 0.2) is 12.2 Å². The highest BCUT2D eigenvalue weighted by Gasteiger charge is 2.52. The van der Waals surface area contributed by atoms with Crippen molar-refractivity contribution in [3.8, 4) is 0 Å². The highest BCUT2D eigenvalue weighted by molar-refractivity contribution is 5.69. The monoisotopic (exact) mass is 388 g/mol. The summed E-state index contributed by atoms with van der Waals surface area (Å²) in [4.78, 5) is 57.3. The van der Waals surface area contributed by atoms with Crippen molar-refractivity contribution in [3.05, 3.63) is 0 Å². The van der Waals surface area contributed by atoms with Gasteiger partial charge in [-0.2, -0.15) is 0 Å². The summed E-state index contributed by atoms with van der Waals surface area (Å²) >= 11 is 0. The van der Waals surface area contributed by atoms with E-state index >= 15 is 0 Å². The molecule has 1 saturated carbocycles. The predicted molar refractivity (Wildman–Crippen MR) is 87.0 cm³/mol. The largest absolute Gasteiger partial charge is 0.465 e. The zero-order chi connectivity index (χ0) is 20.7. The lowest BCUT2D eigenvalue weighted by atomic mass is 9.80. The molecule has 0 bridgehead atoms. The Morgan fingerprint density at radius 1 is 0.630 bits per heavy atom. The lowest BCUT2D eigenvalue weighted by Gasteiger charge is -2.43. The molecule has 0 aromatic carbocycles. The van der Waals surface area contributed by atoms with E-state index < -0.39 is 60.2 Å². The predicted octanol–water partition coefficient (Wildman–Crippen LogP) is 0.296. The molecule has 0 unspecified atom stereocenters. The summed E-state index contributed by atoms with van der Waals surface area (Å²) in [6.45, 7) is 5.64. The van der Waals surface area contributed by atoms with Crippen molar-refractivity contribution in [2.75, 3.05) is 6.61 Å². The fourth-order valence-electron chi connectivity index (χ4n) is 2.96. The summed E-state index contributed by atoms with van der Waals surface area (Å²) in [6, 6.07) is 0. The van der Waals surface area contributed by atoms with Crippen molar-refractivity contribution in [2.24, 2.45) is 5.92 Å². The van der Waals surface area contributed by atoms with E-state index in [-0.39, 0.29) is 13.0 Å². The Kier molecular flexibility index (Phi) is 8.20. The first-order valence-corrected chi connectivity index (χ1v) is 8.33. The Morgan fingerprint density at radius 2 is 1.07 bits per heavy atom. The minimum absolute atomic E-state index is 0.0561. The van der Waals surface area contributed by atoms with E-state index in [1.165, 1.54) is 13.8 Å². The molecule has 0 heterocycles. The van der Waals surface area contributed by atoms with E-state index in [1.54, 1.807) is 0 Å². The minimum atomic E-state index is -1.24. The number of ether oxygens (including phenoxy) is 5. The molecular weight excluding hydrogens is 364 g/mol. The normalized spacial score (nSPS) is 27.1. The van der Waals surface area contributed by atoms with Crippen LogP contribution in [0.4, 0.5) is 0 Å². The van der Waals surface area contributed by atoms with Crippen LogP contribution in [0, 0.1) is 5.92 Å². The van der Waals surface area contributed by atoms with Crippen LogP contribution in [0.2, 0.25) is 0 Å². The maximum absolute atomic E-state index is 11.6. The van der Waals surface area contributed by atoms with Crippen LogP contribution < -0.4 is 0 Å². The molecule has 5 atom stereocenters. The van der Waals surface area contributed by atoms with Crippen LogP contribution in [0.15, 0.2) is 0 Å². The van der Waals surface area contributed by atoms with Crippen molar-refractivity contribution >= 4 is 29.8 Å². The maximum Gasteiger partial charge on any atom is 0.303 e. The number of rotatable bonds is 6. The summed E-state index contributed by atoms with van der Waals surface area (Å²) in [7, 11) is 0. The van der Waals surface area contributed by atoms with Gasteiger partial charge in [-0.15, -0.1) is 0 Å². The van der Waals surface area contributed by atoms with E-state index in [2.05, 4.69) is 0 Å². The standard InChI is InChI=1S/C17H24O10/c1-8(18)23-7-13-6-14(24-9(2)19)16(26-11(4)21)17(27-12(5)22)15(13)25-10(3)20/h13-17H,6-7H2,1-5H3/t13-,14-,15-,16+,17+/m1/s1. The van der Waals surface area contributed by atoms with Gasteiger partial charge in [0, 0.05) is 40.5 Å². The first kappa shape index (κ1) is 22.4. The molecule has 27 heavy (non-hydrogen) atoms. The highest BCUT2D eigenvalue weighted by atomic mass is 16.6. The Morgan fingerprint density at radius 3 is 1.52 bits per heavy atom. The lowest BCUT2D eigenvalue weighted by molar-refractivity contribution is -0.221. The Hall–Kier alpha value is -2.65. The van der Waals surface area contributed by atoms with Crippen molar-refractivity contribution in [1.82, 2.24) is 0 Å². The van der Waals surface area contributed by atoms with Gasteiger partial charge in [-0.3, -0.25) is 24.0 Å². The van der Waals surface area contributed by atoms with Crippen LogP contribution in [0.1, 0.15) is 41.0 Å². The molecule has 0 spiro atoms. The first-order chi connectivity index (χ1) is 12.5. The molecule has 0 aromatic rings. The lowest BCUT2D eigenvalue weighted by Crippen LogP contribution is -2.59. The number of hydrogen-bond acceptors (Lipinski definition) is 10. The SMILES string of the molecule is CC(=O)OC[C@H]1C[C@@H](OC(C)=O)[C@H](OC(C)=O)[C@@H](OC(C)=O)[C@@H]1OC(C)=O. The Bertz CT molecular complexity index is 599. The van der Waals surface area contributed by atoms with Gasteiger partial charge >= 0.3 is 29.8 Å².